The van der Waals surface area contributed by atoms with Crippen molar-refractivity contribution >= 4 is 22.3 Å². The van der Waals surface area contributed by atoms with Gasteiger partial charge in [0.2, 0.25) is 0 Å². The van der Waals surface area contributed by atoms with E-state index in [2.05, 4.69) is 0 Å². The molecule has 1 aromatic carbocycles. The SMILES string of the molecule is O=S([O-])O.O=c1ccc2cc(O)c(O)cc2o1.[Na+]. The smallest absolute Gasteiger partial charge is 0.750 e. The van der Waals surface area contributed by atoms with E-state index in [9.17, 15) is 4.79 Å². The zero-order chi connectivity index (χ0) is 13.0. The van der Waals surface area contributed by atoms with Crippen molar-refractivity contribution < 1.29 is 57.5 Å². The van der Waals surface area contributed by atoms with Crippen molar-refractivity contribution in [1.29, 1.82) is 0 Å². The van der Waals surface area contributed by atoms with Crippen molar-refractivity contribution in [2.24, 2.45) is 0 Å². The average molecular weight is 282 g/mol. The predicted octanol–water partition coefficient (Wildman–Crippen LogP) is -2.45. The molecule has 9 heteroatoms. The Morgan fingerprint density at radius 3 is 2.22 bits per heavy atom. The summed E-state index contributed by atoms with van der Waals surface area (Å²) in [6, 6.07) is 5.29. The van der Waals surface area contributed by atoms with Gasteiger partial charge in [0.1, 0.15) is 5.58 Å². The molecule has 0 aliphatic carbocycles. The van der Waals surface area contributed by atoms with Gasteiger partial charge in [-0.3, -0.25) is 0 Å². The molecule has 3 N–H and O–H groups in total. The molecule has 1 unspecified atom stereocenters. The van der Waals surface area contributed by atoms with Gasteiger partial charge in [0, 0.05) is 17.5 Å². The van der Waals surface area contributed by atoms with Gasteiger partial charge < -0.3 is 23.7 Å². The third-order valence-corrected chi connectivity index (χ3v) is 1.72. The summed E-state index contributed by atoms with van der Waals surface area (Å²) in [5.41, 5.74) is -0.236. The second kappa shape index (κ2) is 7.52. The van der Waals surface area contributed by atoms with Crippen molar-refractivity contribution in [3.8, 4) is 11.5 Å². The molecule has 92 valence electrons. The molecule has 1 heterocycles. The fourth-order valence-corrected chi connectivity index (χ4v) is 1.09. The minimum absolute atomic E-state index is 0. The molecule has 18 heavy (non-hydrogen) atoms. The van der Waals surface area contributed by atoms with Crippen molar-refractivity contribution in [3.05, 3.63) is 34.7 Å². The molecule has 2 aromatic rings. The standard InChI is InChI=1S/C9H6O4.Na.H2O3S/c10-6-3-5-1-2-9(12)13-8(5)4-7(6)11;;1-4(2)3/h1-4,10-11H;;(H2,1,2,3)/q;+1;/p-1. The van der Waals surface area contributed by atoms with Crippen LogP contribution in [-0.4, -0.2) is 23.5 Å². The summed E-state index contributed by atoms with van der Waals surface area (Å²) in [7, 11) is 0. The quantitative estimate of drug-likeness (QED) is 0.211. The monoisotopic (exact) mass is 282 g/mol. The zero-order valence-corrected chi connectivity index (χ0v) is 12.0. The third-order valence-electron chi connectivity index (χ3n) is 1.72. The van der Waals surface area contributed by atoms with Crippen LogP contribution in [-0.2, 0) is 11.4 Å². The van der Waals surface area contributed by atoms with E-state index in [-0.39, 0.29) is 46.6 Å². The van der Waals surface area contributed by atoms with E-state index < -0.39 is 17.0 Å². The van der Waals surface area contributed by atoms with Crippen LogP contribution in [0.1, 0.15) is 0 Å². The van der Waals surface area contributed by atoms with Crippen LogP contribution in [0.2, 0.25) is 0 Å². The number of rotatable bonds is 0. The maximum absolute atomic E-state index is 10.8. The summed E-state index contributed by atoms with van der Waals surface area (Å²) in [5.74, 6) is -0.539. The van der Waals surface area contributed by atoms with Crippen LogP contribution in [0.4, 0.5) is 0 Å². The third kappa shape index (κ3) is 5.17. The molecular formula is C9H7NaO7S. The number of fused-ring (bicyclic) bond motifs is 1. The molecular weight excluding hydrogens is 275 g/mol. The van der Waals surface area contributed by atoms with Gasteiger partial charge in [0.05, 0.1) is 11.4 Å². The first-order chi connectivity index (χ1) is 7.90. The largest absolute Gasteiger partial charge is 1.00 e. The van der Waals surface area contributed by atoms with E-state index in [1.807, 2.05) is 0 Å². The van der Waals surface area contributed by atoms with E-state index in [1.165, 1.54) is 24.3 Å². The van der Waals surface area contributed by atoms with E-state index in [0.717, 1.165) is 0 Å². The Kier molecular flexibility index (Phi) is 7.14. The van der Waals surface area contributed by atoms with E-state index >= 15 is 0 Å². The molecule has 0 bridgehead atoms. The number of phenols is 2. The second-order valence-corrected chi connectivity index (χ2v) is 3.28. The Labute approximate surface area is 125 Å². The van der Waals surface area contributed by atoms with Gasteiger partial charge in [-0.25, -0.2) is 9.00 Å². The normalized spacial score (nSPS) is 11.0. The Morgan fingerprint density at radius 2 is 1.67 bits per heavy atom. The van der Waals surface area contributed by atoms with Crippen LogP contribution >= 0.6 is 0 Å². The first kappa shape index (κ1) is 17.1. The van der Waals surface area contributed by atoms with Gasteiger partial charge >= 0.3 is 35.2 Å². The van der Waals surface area contributed by atoms with E-state index in [1.54, 1.807) is 0 Å². The van der Waals surface area contributed by atoms with Gasteiger partial charge in [0.25, 0.3) is 0 Å². The summed E-state index contributed by atoms with van der Waals surface area (Å²) < 4.78 is 28.9. The van der Waals surface area contributed by atoms with Gasteiger partial charge in [-0.1, -0.05) is 0 Å². The van der Waals surface area contributed by atoms with Crippen molar-refractivity contribution in [3.63, 3.8) is 0 Å². The average Bonchev–Trinajstić information content (AvgIpc) is 2.19. The van der Waals surface area contributed by atoms with Gasteiger partial charge in [-0.15, -0.1) is 0 Å². The number of benzene rings is 1. The van der Waals surface area contributed by atoms with Crippen LogP contribution in [0.3, 0.4) is 0 Å². The van der Waals surface area contributed by atoms with Crippen molar-refractivity contribution in [2.75, 3.05) is 0 Å². The molecule has 0 saturated carbocycles. The molecule has 0 aliphatic rings. The second-order valence-electron chi connectivity index (χ2n) is 2.85. The fourth-order valence-electron chi connectivity index (χ4n) is 1.09. The molecule has 0 saturated heterocycles. The Hall–Kier alpha value is -0.900. The van der Waals surface area contributed by atoms with Crippen molar-refractivity contribution in [2.45, 2.75) is 0 Å². The molecule has 0 fully saturated rings. The summed E-state index contributed by atoms with van der Waals surface area (Å²) in [6.07, 6.45) is 0. The summed E-state index contributed by atoms with van der Waals surface area (Å²) >= 11 is -2.86. The molecule has 7 nitrogen and oxygen atoms in total. The molecule has 1 aromatic heterocycles. The fraction of sp³-hybridized carbons (Fsp3) is 0. The predicted molar refractivity (Wildman–Crippen MR) is 57.4 cm³/mol. The van der Waals surface area contributed by atoms with Crippen LogP contribution in [0, 0.1) is 0 Å². The number of aromatic hydroxyl groups is 2. The van der Waals surface area contributed by atoms with E-state index in [0.29, 0.717) is 5.39 Å². The number of hydrogen-bond donors (Lipinski definition) is 3. The van der Waals surface area contributed by atoms with Crippen LogP contribution < -0.4 is 35.2 Å². The maximum Gasteiger partial charge on any atom is 1.00 e. The first-order valence-corrected chi connectivity index (χ1v) is 5.17. The van der Waals surface area contributed by atoms with Gasteiger partial charge in [-0.05, 0) is 12.1 Å². The molecule has 0 radical (unpaired) electrons. The van der Waals surface area contributed by atoms with E-state index in [4.69, 9.17) is 27.9 Å². The first-order valence-electron chi connectivity index (χ1n) is 4.14. The number of hydrogen-bond acceptors (Lipinski definition) is 6. The van der Waals surface area contributed by atoms with Crippen molar-refractivity contribution in [1.82, 2.24) is 0 Å². The molecule has 2 rings (SSSR count). The molecule has 0 amide bonds. The van der Waals surface area contributed by atoms with Crippen LogP contribution in [0.5, 0.6) is 11.5 Å². The molecule has 0 aliphatic heterocycles. The minimum Gasteiger partial charge on any atom is -0.750 e. The maximum atomic E-state index is 10.8. The van der Waals surface area contributed by atoms with Crippen LogP contribution in [0.25, 0.3) is 11.0 Å². The summed E-state index contributed by atoms with van der Waals surface area (Å²) in [4.78, 5) is 10.8. The number of phenolic OH excluding ortho intramolecular Hbond substituents is 2. The Bertz CT molecular complexity index is 605. The Morgan fingerprint density at radius 1 is 1.17 bits per heavy atom. The molecule has 0 spiro atoms. The van der Waals surface area contributed by atoms with Gasteiger partial charge in [-0.2, -0.15) is 0 Å². The topological polar surface area (TPSA) is 131 Å². The molecule has 1 atom stereocenters. The van der Waals surface area contributed by atoms with Crippen LogP contribution in [0.15, 0.2) is 33.5 Å². The Balaban J connectivity index is 0.000000512. The van der Waals surface area contributed by atoms with Gasteiger partial charge in [0.15, 0.2) is 11.5 Å². The summed E-state index contributed by atoms with van der Waals surface area (Å²) in [6.45, 7) is 0. The minimum atomic E-state index is -2.86. The zero-order valence-electron chi connectivity index (χ0n) is 9.19. The summed E-state index contributed by atoms with van der Waals surface area (Å²) in [5, 5.41) is 18.8.